The fraction of sp³-hybridized carbons (Fsp3) is 0. The fourth-order valence-electron chi connectivity index (χ4n) is 3.00. The summed E-state index contributed by atoms with van der Waals surface area (Å²) in [6.07, 6.45) is 7.79. The molecular weight excluding hydrogens is 368 g/mol. The van der Waals surface area contributed by atoms with Crippen molar-refractivity contribution in [2.45, 2.75) is 0 Å². The van der Waals surface area contributed by atoms with Crippen LogP contribution in [-0.2, 0) is 17.1 Å². The van der Waals surface area contributed by atoms with Gasteiger partial charge < -0.3 is 15.1 Å². The van der Waals surface area contributed by atoms with Crippen LogP contribution in [0.25, 0.3) is 46.4 Å². The van der Waals surface area contributed by atoms with Gasteiger partial charge in [0.25, 0.3) is 0 Å². The number of hydrogen-bond acceptors (Lipinski definition) is 3. The van der Waals surface area contributed by atoms with Crippen molar-refractivity contribution >= 4 is 46.4 Å². The van der Waals surface area contributed by atoms with Crippen molar-refractivity contribution in [3.8, 4) is 5.75 Å². The molecule has 2 aliphatic rings. The zero-order valence-corrected chi connectivity index (χ0v) is 14.7. The summed E-state index contributed by atoms with van der Waals surface area (Å²) in [4.78, 5) is 15.7. The molecule has 0 aromatic carbocycles. The van der Waals surface area contributed by atoms with Crippen LogP contribution in [-0.4, -0.2) is 25.0 Å². The Balaban J connectivity index is 0.00000168. The second-order valence-corrected chi connectivity index (χ2v) is 6.06. The van der Waals surface area contributed by atoms with Crippen LogP contribution in [0, 0.1) is 0 Å². The predicted octanol–water partition coefficient (Wildman–Crippen LogP) is 4.36. The van der Waals surface area contributed by atoms with Gasteiger partial charge in [0.15, 0.2) is 0 Å². The molecule has 3 aromatic rings. The first-order valence-corrected chi connectivity index (χ1v) is 7.99. The van der Waals surface area contributed by atoms with Crippen molar-refractivity contribution in [3.63, 3.8) is 0 Å². The molecule has 0 saturated heterocycles. The first kappa shape index (κ1) is 16.4. The molecular formula is C20H14FeN4O. The molecule has 5 rings (SSSR count). The van der Waals surface area contributed by atoms with Gasteiger partial charge in [-0.1, -0.05) is 0 Å². The van der Waals surface area contributed by atoms with Gasteiger partial charge in [-0.25, -0.2) is 9.97 Å². The first-order valence-electron chi connectivity index (χ1n) is 7.99. The van der Waals surface area contributed by atoms with E-state index in [0.717, 1.165) is 39.3 Å². The van der Waals surface area contributed by atoms with Crippen molar-refractivity contribution in [2.75, 3.05) is 0 Å². The Morgan fingerprint density at radius 3 is 1.69 bits per heavy atom. The van der Waals surface area contributed by atoms with Crippen LogP contribution in [0.1, 0.15) is 22.8 Å². The van der Waals surface area contributed by atoms with E-state index < -0.39 is 0 Å². The number of nitrogens with zero attached hydrogens (tertiary/aromatic N) is 2. The summed E-state index contributed by atoms with van der Waals surface area (Å²) in [5.41, 5.74) is 6.74. The third-order valence-electron chi connectivity index (χ3n) is 4.15. The number of aromatic amines is 2. The summed E-state index contributed by atoms with van der Waals surface area (Å²) in [7, 11) is 0. The minimum atomic E-state index is 0. The van der Waals surface area contributed by atoms with Crippen molar-refractivity contribution < 1.29 is 22.2 Å². The Hall–Kier alpha value is -3.08. The van der Waals surface area contributed by atoms with E-state index in [0.29, 0.717) is 5.52 Å². The molecule has 5 heterocycles. The van der Waals surface area contributed by atoms with Crippen LogP contribution in [0.15, 0.2) is 42.5 Å². The van der Waals surface area contributed by atoms with Gasteiger partial charge in [-0.2, -0.15) is 0 Å². The molecule has 0 atom stereocenters. The number of aromatic nitrogens is 4. The maximum atomic E-state index is 10.2. The summed E-state index contributed by atoms with van der Waals surface area (Å²) in [6, 6.07) is 13.4. The fourth-order valence-corrected chi connectivity index (χ4v) is 3.00. The van der Waals surface area contributed by atoms with Crippen LogP contribution < -0.4 is 0 Å². The van der Waals surface area contributed by atoms with Gasteiger partial charge in [0.05, 0.1) is 28.3 Å². The maximum Gasteiger partial charge on any atom is 0.141 e. The van der Waals surface area contributed by atoms with Gasteiger partial charge in [0, 0.05) is 39.7 Å². The molecule has 6 heteroatoms. The first-order chi connectivity index (χ1) is 12.2. The minimum Gasteiger partial charge on any atom is -0.506 e. The maximum absolute atomic E-state index is 10.2. The summed E-state index contributed by atoms with van der Waals surface area (Å²) < 4.78 is 0. The monoisotopic (exact) mass is 382 g/mol. The molecule has 3 aromatic heterocycles. The average molecular weight is 382 g/mol. The summed E-state index contributed by atoms with van der Waals surface area (Å²) >= 11 is 0. The van der Waals surface area contributed by atoms with E-state index in [2.05, 4.69) is 19.9 Å². The Labute approximate surface area is 159 Å². The second kappa shape index (κ2) is 6.33. The van der Waals surface area contributed by atoms with Crippen LogP contribution in [0.2, 0.25) is 0 Å². The van der Waals surface area contributed by atoms with Gasteiger partial charge in [-0.15, -0.1) is 0 Å². The second-order valence-electron chi connectivity index (χ2n) is 6.06. The molecule has 26 heavy (non-hydrogen) atoms. The minimum absolute atomic E-state index is 0. The predicted molar refractivity (Wildman–Crippen MR) is 101 cm³/mol. The van der Waals surface area contributed by atoms with Gasteiger partial charge >= 0.3 is 0 Å². The number of hydrogen-bond donors (Lipinski definition) is 3. The number of H-pyrrole nitrogens is 2. The van der Waals surface area contributed by atoms with Gasteiger partial charge in [0.2, 0.25) is 0 Å². The number of rotatable bonds is 0. The van der Waals surface area contributed by atoms with Crippen molar-refractivity contribution in [1.82, 2.24) is 19.9 Å². The van der Waals surface area contributed by atoms with E-state index in [1.54, 1.807) is 6.07 Å². The summed E-state index contributed by atoms with van der Waals surface area (Å²) in [5, 5.41) is 10.2. The average Bonchev–Trinajstić information content (AvgIpc) is 3.33. The standard InChI is InChI=1S/C20H14N4O.Fe/c25-20-11-18-9-16-4-3-14(22-16)7-12-1-2-13(21-12)8-15-5-6-17(23-15)10-19(20)24-18;/h1-11,21,24-25H;. The van der Waals surface area contributed by atoms with E-state index in [1.807, 2.05) is 60.7 Å². The Morgan fingerprint density at radius 2 is 1.12 bits per heavy atom. The topological polar surface area (TPSA) is 77.6 Å². The molecule has 8 bridgehead atoms. The summed E-state index contributed by atoms with van der Waals surface area (Å²) in [5.74, 6) is 0.191. The van der Waals surface area contributed by atoms with E-state index >= 15 is 0 Å². The van der Waals surface area contributed by atoms with Gasteiger partial charge in [-0.3, -0.25) is 0 Å². The number of nitrogens with one attached hydrogen (secondary N) is 2. The van der Waals surface area contributed by atoms with Crippen LogP contribution in [0.5, 0.6) is 5.75 Å². The molecule has 5 nitrogen and oxygen atoms in total. The smallest absolute Gasteiger partial charge is 0.141 e. The zero-order chi connectivity index (χ0) is 16.8. The van der Waals surface area contributed by atoms with E-state index in [4.69, 9.17) is 0 Å². The third-order valence-corrected chi connectivity index (χ3v) is 4.15. The van der Waals surface area contributed by atoms with Crippen LogP contribution >= 0.6 is 0 Å². The molecule has 128 valence electrons. The van der Waals surface area contributed by atoms with Crippen molar-refractivity contribution in [2.24, 2.45) is 0 Å². The van der Waals surface area contributed by atoms with Gasteiger partial charge in [-0.05, 0) is 60.7 Å². The molecule has 0 radical (unpaired) electrons. The van der Waals surface area contributed by atoms with E-state index in [1.165, 1.54) is 0 Å². The molecule has 0 aliphatic carbocycles. The Kier molecular flexibility index (Phi) is 3.99. The molecule has 0 fully saturated rings. The van der Waals surface area contributed by atoms with Crippen molar-refractivity contribution in [3.05, 3.63) is 65.2 Å². The molecule has 0 saturated carbocycles. The van der Waals surface area contributed by atoms with E-state index in [9.17, 15) is 5.11 Å². The van der Waals surface area contributed by atoms with Crippen LogP contribution in [0.3, 0.4) is 0 Å². The van der Waals surface area contributed by atoms with Crippen molar-refractivity contribution in [1.29, 1.82) is 0 Å². The third kappa shape index (κ3) is 3.08. The molecule has 0 spiro atoms. The van der Waals surface area contributed by atoms with E-state index in [-0.39, 0.29) is 22.8 Å². The SMILES string of the molecule is Oc1cc2cc3nc(cc4ccc(cc5nc(cc1[nH]2)C=C5)[nH]4)C=C3.[Fe]. The largest absolute Gasteiger partial charge is 0.506 e. The molecule has 2 aliphatic heterocycles. The Morgan fingerprint density at radius 1 is 0.615 bits per heavy atom. The zero-order valence-electron chi connectivity index (χ0n) is 13.5. The van der Waals surface area contributed by atoms with Gasteiger partial charge in [0.1, 0.15) is 5.75 Å². The molecule has 0 amide bonds. The Bertz CT molecular complexity index is 1220. The molecule has 0 unspecified atom stereocenters. The number of fused-ring (bicyclic) bond motifs is 8. The normalized spacial score (nSPS) is 12.2. The number of aromatic hydroxyl groups is 1. The summed E-state index contributed by atoms with van der Waals surface area (Å²) in [6.45, 7) is 0. The quantitative estimate of drug-likeness (QED) is 0.348. The molecule has 3 N–H and O–H groups in total. The van der Waals surface area contributed by atoms with Crippen LogP contribution in [0.4, 0.5) is 0 Å².